The Morgan fingerprint density at radius 3 is 2.67 bits per heavy atom. The van der Waals surface area contributed by atoms with Gasteiger partial charge in [-0.2, -0.15) is 0 Å². The van der Waals surface area contributed by atoms with Crippen molar-refractivity contribution < 1.29 is 9.45 Å². The summed E-state index contributed by atoms with van der Waals surface area (Å²) < 4.78 is 4.66. The van der Waals surface area contributed by atoms with E-state index in [4.69, 9.17) is 5.73 Å². The Labute approximate surface area is 84.4 Å². The zero-order valence-electron chi connectivity index (χ0n) is 7.58. The van der Waals surface area contributed by atoms with Crippen LogP contribution in [0.15, 0.2) is 35.0 Å². The van der Waals surface area contributed by atoms with Crippen molar-refractivity contribution in [1.29, 1.82) is 0 Å². The molecule has 0 spiro atoms. The summed E-state index contributed by atoms with van der Waals surface area (Å²) in [4.78, 5) is 10.3. The quantitative estimate of drug-likeness (QED) is 0.596. The second-order valence-electron chi connectivity index (χ2n) is 2.88. The highest BCUT2D eigenvalue weighted by molar-refractivity contribution is 5.79. The average molecular weight is 205 g/mol. The molecule has 2 aromatic rings. The molecule has 1 aromatic heterocycles. The number of hydrogen-bond acceptors (Lipinski definition) is 5. The number of nitro benzene ring substituents is 1. The Balaban J connectivity index is 2.63. The van der Waals surface area contributed by atoms with Gasteiger partial charge in [0.1, 0.15) is 0 Å². The summed E-state index contributed by atoms with van der Waals surface area (Å²) in [7, 11) is 0. The van der Waals surface area contributed by atoms with Gasteiger partial charge in [0.05, 0.1) is 22.2 Å². The van der Waals surface area contributed by atoms with Crippen LogP contribution in [0.5, 0.6) is 0 Å². The van der Waals surface area contributed by atoms with Gasteiger partial charge in [0.25, 0.3) is 5.69 Å². The van der Waals surface area contributed by atoms with Crippen molar-refractivity contribution in [2.45, 2.75) is 0 Å². The predicted octanol–water partition coefficient (Wildman–Crippen LogP) is 1.83. The number of para-hydroxylation sites is 1. The van der Waals surface area contributed by atoms with Crippen molar-refractivity contribution in [3.8, 4) is 11.1 Å². The third kappa shape index (κ3) is 1.52. The molecule has 1 heterocycles. The molecule has 0 atom stereocenters. The monoisotopic (exact) mass is 205 g/mol. The van der Waals surface area contributed by atoms with Crippen LogP contribution in [0, 0.1) is 10.1 Å². The van der Waals surface area contributed by atoms with Crippen molar-refractivity contribution in [1.82, 2.24) is 5.16 Å². The van der Waals surface area contributed by atoms with E-state index in [9.17, 15) is 10.1 Å². The van der Waals surface area contributed by atoms with Gasteiger partial charge >= 0.3 is 0 Å². The predicted molar refractivity (Wildman–Crippen MR) is 53.0 cm³/mol. The fraction of sp³-hybridized carbons (Fsp3) is 0. The molecule has 2 N–H and O–H groups in total. The molecular formula is C9H7N3O3. The highest BCUT2D eigenvalue weighted by Gasteiger charge is 2.18. The zero-order valence-corrected chi connectivity index (χ0v) is 7.58. The van der Waals surface area contributed by atoms with E-state index in [-0.39, 0.29) is 11.6 Å². The normalized spacial score (nSPS) is 10.1. The summed E-state index contributed by atoms with van der Waals surface area (Å²) >= 11 is 0. The molecule has 0 unspecified atom stereocenters. The molecule has 0 fully saturated rings. The molecule has 6 nitrogen and oxygen atoms in total. The van der Waals surface area contributed by atoms with E-state index in [1.54, 1.807) is 18.2 Å². The largest absolute Gasteiger partial charge is 0.367 e. The van der Waals surface area contributed by atoms with Crippen molar-refractivity contribution in [2.24, 2.45) is 0 Å². The first-order chi connectivity index (χ1) is 7.20. The summed E-state index contributed by atoms with van der Waals surface area (Å²) in [5.74, 6) is 0.0734. The minimum absolute atomic E-state index is 0.0209. The van der Waals surface area contributed by atoms with E-state index >= 15 is 0 Å². The smallest absolute Gasteiger partial charge is 0.277 e. The topological polar surface area (TPSA) is 95.2 Å². The van der Waals surface area contributed by atoms with Crippen LogP contribution in [0.25, 0.3) is 11.1 Å². The minimum atomic E-state index is -0.470. The number of hydrogen-bond donors (Lipinski definition) is 1. The highest BCUT2D eigenvalue weighted by atomic mass is 16.6. The third-order valence-corrected chi connectivity index (χ3v) is 1.99. The second kappa shape index (κ2) is 3.41. The maximum absolute atomic E-state index is 10.7. The van der Waals surface area contributed by atoms with E-state index < -0.39 is 4.92 Å². The number of nitro groups is 1. The lowest BCUT2D eigenvalue weighted by Gasteiger charge is -1.99. The first kappa shape index (κ1) is 9.20. The summed E-state index contributed by atoms with van der Waals surface area (Å²) in [5.41, 5.74) is 6.31. The molecule has 0 aliphatic carbocycles. The van der Waals surface area contributed by atoms with E-state index in [1.165, 1.54) is 12.3 Å². The Kier molecular flexibility index (Phi) is 2.09. The first-order valence-corrected chi connectivity index (χ1v) is 4.14. The van der Waals surface area contributed by atoms with Crippen LogP contribution < -0.4 is 5.73 Å². The summed E-state index contributed by atoms with van der Waals surface area (Å²) in [6.07, 6.45) is 1.36. The number of aromatic nitrogens is 1. The standard InChI is InChI=1S/C9H7N3O3/c10-9-7(5-11-15-9)6-3-1-2-4-8(6)12(13)14/h1-5H,10H2. The van der Waals surface area contributed by atoms with Gasteiger partial charge in [-0.1, -0.05) is 17.3 Å². The van der Waals surface area contributed by atoms with Gasteiger partial charge in [0, 0.05) is 6.07 Å². The van der Waals surface area contributed by atoms with Crippen molar-refractivity contribution >= 4 is 11.6 Å². The summed E-state index contributed by atoms with van der Waals surface area (Å²) in [5, 5.41) is 14.2. The van der Waals surface area contributed by atoms with E-state index in [1.807, 2.05) is 0 Å². The number of nitrogen functional groups attached to an aromatic ring is 1. The molecule has 0 saturated carbocycles. The molecule has 0 amide bonds. The lowest BCUT2D eigenvalue weighted by atomic mass is 10.1. The molecule has 0 radical (unpaired) electrons. The Hall–Kier alpha value is -2.37. The molecule has 0 bridgehead atoms. The molecule has 15 heavy (non-hydrogen) atoms. The Morgan fingerprint density at radius 2 is 2.07 bits per heavy atom. The van der Waals surface area contributed by atoms with Crippen LogP contribution in [0.4, 0.5) is 11.6 Å². The lowest BCUT2D eigenvalue weighted by Crippen LogP contribution is -1.92. The van der Waals surface area contributed by atoms with Gasteiger partial charge in [-0.3, -0.25) is 10.1 Å². The van der Waals surface area contributed by atoms with Gasteiger partial charge in [0.2, 0.25) is 5.88 Å². The number of rotatable bonds is 2. The van der Waals surface area contributed by atoms with Crippen molar-refractivity contribution in [3.05, 3.63) is 40.6 Å². The fourth-order valence-electron chi connectivity index (χ4n) is 1.31. The molecule has 0 aliphatic heterocycles. The van der Waals surface area contributed by atoms with Gasteiger partial charge in [0.15, 0.2) is 0 Å². The molecule has 2 rings (SSSR count). The molecule has 0 aliphatic rings. The van der Waals surface area contributed by atoms with E-state index in [0.29, 0.717) is 11.1 Å². The number of nitrogens with zero attached hydrogens (tertiary/aromatic N) is 2. The molecule has 76 valence electrons. The number of benzene rings is 1. The lowest BCUT2D eigenvalue weighted by molar-refractivity contribution is -0.384. The van der Waals surface area contributed by atoms with Crippen LogP contribution in [0.2, 0.25) is 0 Å². The van der Waals surface area contributed by atoms with Crippen LogP contribution in [0.1, 0.15) is 0 Å². The molecule has 1 aromatic carbocycles. The fourth-order valence-corrected chi connectivity index (χ4v) is 1.31. The number of nitrogens with two attached hydrogens (primary N) is 1. The highest BCUT2D eigenvalue weighted by Crippen LogP contribution is 2.32. The van der Waals surface area contributed by atoms with Crippen LogP contribution in [-0.2, 0) is 0 Å². The minimum Gasteiger partial charge on any atom is -0.367 e. The third-order valence-electron chi connectivity index (χ3n) is 1.99. The molecule has 0 saturated heterocycles. The van der Waals surface area contributed by atoms with Crippen LogP contribution in [-0.4, -0.2) is 10.1 Å². The SMILES string of the molecule is Nc1oncc1-c1ccccc1[N+](=O)[O-]. The van der Waals surface area contributed by atoms with Gasteiger partial charge < -0.3 is 10.3 Å². The summed E-state index contributed by atoms with van der Waals surface area (Å²) in [6.45, 7) is 0. The molecule has 6 heteroatoms. The van der Waals surface area contributed by atoms with Crippen LogP contribution >= 0.6 is 0 Å². The van der Waals surface area contributed by atoms with Crippen molar-refractivity contribution in [2.75, 3.05) is 5.73 Å². The average Bonchev–Trinajstić information content (AvgIpc) is 2.64. The maximum atomic E-state index is 10.7. The maximum Gasteiger partial charge on any atom is 0.277 e. The van der Waals surface area contributed by atoms with Gasteiger partial charge in [-0.25, -0.2) is 0 Å². The number of anilines is 1. The first-order valence-electron chi connectivity index (χ1n) is 4.14. The Morgan fingerprint density at radius 1 is 1.33 bits per heavy atom. The van der Waals surface area contributed by atoms with Crippen LogP contribution in [0.3, 0.4) is 0 Å². The Bertz CT molecular complexity index is 507. The second-order valence-corrected chi connectivity index (χ2v) is 2.88. The summed E-state index contributed by atoms with van der Waals surface area (Å²) in [6, 6.07) is 6.28. The van der Waals surface area contributed by atoms with E-state index in [2.05, 4.69) is 9.68 Å². The molecular weight excluding hydrogens is 198 g/mol. The van der Waals surface area contributed by atoms with E-state index in [0.717, 1.165) is 0 Å². The van der Waals surface area contributed by atoms with Gasteiger partial charge in [-0.15, -0.1) is 0 Å². The van der Waals surface area contributed by atoms with Gasteiger partial charge in [-0.05, 0) is 6.07 Å². The van der Waals surface area contributed by atoms with Crippen molar-refractivity contribution in [3.63, 3.8) is 0 Å². The zero-order chi connectivity index (χ0) is 10.8.